The second-order valence-electron chi connectivity index (χ2n) is 11.6. The Morgan fingerprint density at radius 1 is 0.723 bits per heavy atom. The number of ether oxygens (including phenoxy) is 1. The van der Waals surface area contributed by atoms with Gasteiger partial charge in [0.1, 0.15) is 18.2 Å². The molecule has 0 saturated heterocycles. The van der Waals surface area contributed by atoms with Gasteiger partial charge < -0.3 is 19.7 Å². The lowest BCUT2D eigenvalue weighted by Crippen LogP contribution is -2.43. The van der Waals surface area contributed by atoms with Crippen LogP contribution in [0.3, 0.4) is 0 Å². The zero-order valence-corrected chi connectivity index (χ0v) is 25.6. The van der Waals surface area contributed by atoms with Gasteiger partial charge in [0.15, 0.2) is 0 Å². The number of carbonyl (C=O) groups is 2. The number of alkyl carbamates (subject to hydrolysis) is 1. The zero-order chi connectivity index (χ0) is 32.2. The van der Waals surface area contributed by atoms with Crippen LogP contribution < -0.4 is 5.32 Å². The highest BCUT2D eigenvalue weighted by Gasteiger charge is 2.38. The van der Waals surface area contributed by atoms with Crippen LogP contribution >= 0.6 is 0 Å². The van der Waals surface area contributed by atoms with E-state index in [1.54, 1.807) is 6.33 Å². The number of amides is 1. The van der Waals surface area contributed by atoms with E-state index in [1.807, 2.05) is 102 Å². The Kier molecular flexibility index (Phi) is 8.11. The van der Waals surface area contributed by atoms with Gasteiger partial charge in [-0.3, -0.25) is 0 Å². The molecule has 0 radical (unpaired) electrons. The van der Waals surface area contributed by atoms with Crippen LogP contribution in [0.15, 0.2) is 152 Å². The van der Waals surface area contributed by atoms with Gasteiger partial charge >= 0.3 is 12.1 Å². The Hall–Kier alpha value is -5.95. The van der Waals surface area contributed by atoms with Crippen molar-refractivity contribution in [1.82, 2.24) is 14.9 Å². The molecule has 0 bridgehead atoms. The highest BCUT2D eigenvalue weighted by Crippen LogP contribution is 2.44. The number of carboxylic acids is 1. The van der Waals surface area contributed by atoms with Crippen molar-refractivity contribution in [1.29, 1.82) is 0 Å². The smallest absolute Gasteiger partial charge is 0.407 e. The molecule has 0 spiro atoms. The SMILES string of the molecule is O=C([15NH][13C@@H]([13CH2][13c]1[13cH][15n](C(c2ccccc2)(c2ccccc2)c2ccccc2)[13cH][15n]1)[13C](=O)O)OCC1c2ccccc2-c2ccccc21. The van der Waals surface area contributed by atoms with Crippen molar-refractivity contribution < 1.29 is 19.4 Å². The molecule has 5 aromatic carbocycles. The van der Waals surface area contributed by atoms with Crippen LogP contribution in [0.2, 0.25) is 0 Å². The molecule has 1 aliphatic carbocycles. The van der Waals surface area contributed by atoms with Gasteiger partial charge in [-0.2, -0.15) is 0 Å². The average Bonchev–Trinajstić information content (AvgIpc) is 3.71. The number of imidazole rings is 1. The quantitative estimate of drug-likeness (QED) is 0.0947. The zero-order valence-electron chi connectivity index (χ0n) is 25.6. The summed E-state index contributed by atoms with van der Waals surface area (Å²) in [6.45, 7) is 0.0918. The first-order valence-corrected chi connectivity index (χ1v) is 15.6. The maximum atomic E-state index is 13.0. The van der Waals surface area contributed by atoms with Crippen LogP contribution in [0.1, 0.15) is 39.4 Å². The largest absolute Gasteiger partial charge is 0.480 e. The van der Waals surface area contributed by atoms with Crippen LogP contribution in [0.25, 0.3) is 11.1 Å². The lowest BCUT2D eigenvalue weighted by atomic mass is 9.79. The monoisotopic (exact) mass is 628 g/mol. The van der Waals surface area contributed by atoms with Crippen molar-refractivity contribution in [3.63, 3.8) is 0 Å². The molecule has 0 saturated carbocycles. The molecule has 2 N–H and O–H groups in total. The van der Waals surface area contributed by atoms with Gasteiger partial charge in [0, 0.05) is 18.5 Å². The molecule has 1 atom stereocenters. The van der Waals surface area contributed by atoms with Crippen molar-refractivity contribution in [3.8, 4) is 11.1 Å². The normalized spacial score (nSPS) is 12.9. The van der Waals surface area contributed by atoms with Crippen molar-refractivity contribution in [2.24, 2.45) is 0 Å². The topological polar surface area (TPSA) is 93.5 Å². The number of aromatic nitrogens is 2. The molecular weight excluding hydrogens is 595 g/mol. The predicted octanol–water partition coefficient (Wildman–Crippen LogP) is 7.26. The Morgan fingerprint density at radius 3 is 1.68 bits per heavy atom. The maximum absolute atomic E-state index is 13.0. The van der Waals surface area contributed by atoms with Gasteiger partial charge in [0.05, 0.1) is 12.0 Å². The summed E-state index contributed by atoms with van der Waals surface area (Å²) in [5.41, 5.74) is 7.20. The summed E-state index contributed by atoms with van der Waals surface area (Å²) in [7, 11) is 0. The molecule has 0 fully saturated rings. The van der Waals surface area contributed by atoms with E-state index in [4.69, 9.17) is 4.74 Å². The van der Waals surface area contributed by atoms with E-state index in [0.29, 0.717) is 5.69 Å². The molecule has 7 rings (SSSR count). The third-order valence-electron chi connectivity index (χ3n) is 8.95. The second kappa shape index (κ2) is 12.8. The van der Waals surface area contributed by atoms with Crippen LogP contribution in [-0.2, 0) is 21.5 Å². The molecule has 1 heterocycles. The Labute approximate surface area is 273 Å². The molecule has 232 valence electrons. The van der Waals surface area contributed by atoms with E-state index in [9.17, 15) is 14.7 Å². The second-order valence-corrected chi connectivity index (χ2v) is 11.6. The molecule has 0 aliphatic heterocycles. The summed E-state index contributed by atoms with van der Waals surface area (Å²) in [6, 6.07) is 45.4. The maximum Gasteiger partial charge on any atom is 0.407 e. The minimum Gasteiger partial charge on any atom is -0.480 e. The van der Waals surface area contributed by atoms with Gasteiger partial charge in [-0.05, 0) is 38.9 Å². The van der Waals surface area contributed by atoms with Gasteiger partial charge in [-0.1, -0.05) is 140 Å². The molecule has 47 heavy (non-hydrogen) atoms. The van der Waals surface area contributed by atoms with E-state index in [-0.39, 0.29) is 18.9 Å². The first-order valence-electron chi connectivity index (χ1n) is 15.6. The summed E-state index contributed by atoms with van der Waals surface area (Å²) in [5, 5.41) is 12.7. The van der Waals surface area contributed by atoms with Gasteiger partial charge in [-0.15, -0.1) is 0 Å². The van der Waals surface area contributed by atoms with Crippen molar-refractivity contribution in [3.05, 3.63) is 186 Å². The third-order valence-corrected chi connectivity index (χ3v) is 8.95. The Balaban J connectivity index is 1.14. The molecular formula is C40H33N3O4. The molecule has 7 nitrogen and oxygen atoms in total. The lowest BCUT2D eigenvalue weighted by Gasteiger charge is -2.37. The van der Waals surface area contributed by atoms with Crippen molar-refractivity contribution in [2.45, 2.75) is 23.9 Å². The summed E-state index contributed by atoms with van der Waals surface area (Å²) in [4.78, 5) is 30.1. The van der Waals surface area contributed by atoms with E-state index in [0.717, 1.165) is 38.9 Å². The fourth-order valence-corrected chi connectivity index (χ4v) is 6.83. The third kappa shape index (κ3) is 5.57. The number of nitrogens with zero attached hydrogens (tertiary/aromatic N) is 2. The fourth-order valence-electron chi connectivity index (χ4n) is 6.83. The number of aliphatic carboxylic acids is 1. The molecule has 1 aromatic heterocycles. The number of benzene rings is 5. The highest BCUT2D eigenvalue weighted by atomic mass is 16.6. The number of hydrogen-bond donors (Lipinski definition) is 2. The summed E-state index contributed by atoms with van der Waals surface area (Å²) in [6.07, 6.45) is 2.78. The fraction of sp³-hybridized carbons (Fsp3) is 0.125. The van der Waals surface area contributed by atoms with Gasteiger partial charge in [-0.25, -0.2) is 14.6 Å². The first-order chi connectivity index (χ1) is 23.1. The number of fused-ring (bicyclic) bond motifs is 3. The number of rotatable bonds is 10. The minimum atomic E-state index is -1.24. The molecule has 6 aromatic rings. The molecule has 1 aliphatic rings. The summed E-state index contributed by atoms with van der Waals surface area (Å²) < 4.78 is 7.67. The van der Waals surface area contributed by atoms with Gasteiger partial charge in [0.2, 0.25) is 0 Å². The predicted molar refractivity (Wildman–Crippen MR) is 180 cm³/mol. The summed E-state index contributed by atoms with van der Waals surface area (Å²) in [5.74, 6) is -1.30. The first kappa shape index (κ1) is 29.7. The molecule has 7 heteroatoms. The van der Waals surface area contributed by atoms with E-state index in [2.05, 4.69) is 58.8 Å². The van der Waals surface area contributed by atoms with E-state index >= 15 is 0 Å². The lowest BCUT2D eigenvalue weighted by molar-refractivity contribution is -0.139. The number of nitrogens with one attached hydrogen (secondary N) is 1. The van der Waals surface area contributed by atoms with E-state index in [1.165, 1.54) is 0 Å². The van der Waals surface area contributed by atoms with Gasteiger partial charge in [0.25, 0.3) is 0 Å². The highest BCUT2D eigenvalue weighted by molar-refractivity contribution is 5.81. The number of hydrogen-bond acceptors (Lipinski definition) is 4. The van der Waals surface area contributed by atoms with Crippen LogP contribution in [-0.4, -0.2) is 39.4 Å². The van der Waals surface area contributed by atoms with Crippen molar-refractivity contribution in [2.75, 3.05) is 6.61 Å². The van der Waals surface area contributed by atoms with Crippen molar-refractivity contribution >= 4 is 12.1 Å². The summed E-state index contributed by atoms with van der Waals surface area (Å²) >= 11 is 0. The van der Waals surface area contributed by atoms with Crippen LogP contribution in [0, 0.1) is 0 Å². The number of carboxylic acid groups (broad SMARTS) is 1. The van der Waals surface area contributed by atoms with Crippen LogP contribution in [0.4, 0.5) is 4.79 Å². The Morgan fingerprint density at radius 2 is 1.19 bits per heavy atom. The standard InChI is InChI=1S/C40H33N3O4/c44-38(45)37(42-39(46)47-26-36-34-22-12-10-20-32(34)33-21-11-13-23-35(33)36)24-31-25-43(27-41-31)40(28-14-4-1-5-15-28,29-16-6-2-7-17-29)30-18-8-3-9-19-30/h1-23,25,27,36-37H,24,26H2,(H,42,46)(H,44,45)/t37-/m0/s1/i24+1,25+1,27+1,31+1,37+1,38+1,41+1,42+1,43+1. The van der Waals surface area contributed by atoms with Crippen LogP contribution in [0.5, 0.6) is 0 Å². The minimum absolute atomic E-state index is 0.0268. The molecule has 1 amide bonds. The molecule has 0 unspecified atom stereocenters. The Bertz CT molecular complexity index is 1870. The van der Waals surface area contributed by atoms with E-state index < -0.39 is 23.6 Å². The number of carbonyl (C=O) groups excluding carboxylic acids is 1. The average molecular weight is 629 g/mol.